The summed E-state index contributed by atoms with van der Waals surface area (Å²) in [5.41, 5.74) is 7.90. The molecule has 42 heavy (non-hydrogen) atoms. The molecule has 0 radical (unpaired) electrons. The average Bonchev–Trinajstić information content (AvgIpc) is 3.30. The highest BCUT2D eigenvalue weighted by Gasteiger charge is 2.36. The lowest BCUT2D eigenvalue weighted by atomic mass is 9.71. The molecule has 3 aromatic rings. The number of rotatable bonds is 7. The van der Waals surface area contributed by atoms with Gasteiger partial charge in [0.1, 0.15) is 6.61 Å². The topological polar surface area (TPSA) is 50.4 Å². The molecular weight excluding hydrogens is 516 g/mol. The Labute approximate surface area is 252 Å². The summed E-state index contributed by atoms with van der Waals surface area (Å²) in [7, 11) is 0. The number of anilines is 1. The minimum atomic E-state index is -0.316. The molecule has 1 amide bonds. The second-order valence-corrected chi connectivity index (χ2v) is 14.4. The quantitative estimate of drug-likeness (QED) is 0.300. The smallest absolute Gasteiger partial charge is 0.407 e. The van der Waals surface area contributed by atoms with E-state index in [2.05, 4.69) is 111 Å². The molecule has 6 rings (SSSR count). The van der Waals surface area contributed by atoms with Crippen LogP contribution in [0.5, 0.6) is 0 Å². The van der Waals surface area contributed by atoms with Gasteiger partial charge in [-0.1, -0.05) is 74.5 Å². The first-order valence-corrected chi connectivity index (χ1v) is 16.2. The molecule has 0 aliphatic heterocycles. The number of ether oxygens (including phenoxy) is 1. The van der Waals surface area contributed by atoms with Crippen LogP contribution in [0.4, 0.5) is 10.5 Å². The molecule has 2 N–H and O–H groups in total. The first-order valence-electron chi connectivity index (χ1n) is 16.2. The van der Waals surface area contributed by atoms with Crippen molar-refractivity contribution >= 4 is 11.8 Å². The van der Waals surface area contributed by atoms with Gasteiger partial charge in [0.2, 0.25) is 0 Å². The summed E-state index contributed by atoms with van der Waals surface area (Å²) < 4.78 is 5.87. The highest BCUT2D eigenvalue weighted by atomic mass is 16.5. The van der Waals surface area contributed by atoms with Gasteiger partial charge in [-0.2, -0.15) is 0 Å². The monoisotopic (exact) mass is 564 g/mol. The normalized spacial score (nSPS) is 22.2. The molecule has 0 bridgehead atoms. The van der Waals surface area contributed by atoms with Crippen LogP contribution in [0.3, 0.4) is 0 Å². The summed E-state index contributed by atoms with van der Waals surface area (Å²) in [5, 5.41) is 7.02. The Balaban J connectivity index is 0.972. The summed E-state index contributed by atoms with van der Waals surface area (Å²) in [6.45, 7) is 9.47. The van der Waals surface area contributed by atoms with Crippen LogP contribution in [-0.4, -0.2) is 24.3 Å². The first kappa shape index (κ1) is 28.8. The highest BCUT2D eigenvalue weighted by Crippen LogP contribution is 2.45. The maximum absolute atomic E-state index is 13.0. The van der Waals surface area contributed by atoms with Crippen molar-refractivity contribution < 1.29 is 9.53 Å². The fraction of sp³-hybridized carbons (Fsp3) is 0.500. The molecule has 0 unspecified atom stereocenters. The SMILES string of the molecule is CC1(C)CCC(c2ccc(NC3CCC(C(C)(C)NC(=O)OCC4c5ccccc5-c5ccccc54)CC3)cc2)CC1. The Kier molecular flexibility index (Phi) is 8.09. The van der Waals surface area contributed by atoms with Gasteiger partial charge in [0.25, 0.3) is 0 Å². The van der Waals surface area contributed by atoms with Crippen molar-refractivity contribution in [3.05, 3.63) is 89.5 Å². The van der Waals surface area contributed by atoms with Crippen LogP contribution in [-0.2, 0) is 4.74 Å². The van der Waals surface area contributed by atoms with E-state index in [0.717, 1.165) is 25.7 Å². The van der Waals surface area contributed by atoms with E-state index < -0.39 is 0 Å². The third-order valence-corrected chi connectivity index (χ3v) is 10.6. The van der Waals surface area contributed by atoms with Crippen molar-refractivity contribution in [1.29, 1.82) is 0 Å². The van der Waals surface area contributed by atoms with Gasteiger partial charge in [0, 0.05) is 23.2 Å². The zero-order chi connectivity index (χ0) is 29.3. The largest absolute Gasteiger partial charge is 0.449 e. The van der Waals surface area contributed by atoms with E-state index in [9.17, 15) is 4.79 Å². The number of hydrogen-bond donors (Lipinski definition) is 2. The van der Waals surface area contributed by atoms with Crippen molar-refractivity contribution in [3.8, 4) is 11.1 Å². The predicted molar refractivity (Wildman–Crippen MR) is 173 cm³/mol. The number of nitrogens with one attached hydrogen (secondary N) is 2. The second-order valence-electron chi connectivity index (χ2n) is 14.4. The maximum atomic E-state index is 13.0. The molecule has 4 nitrogen and oxygen atoms in total. The minimum Gasteiger partial charge on any atom is -0.449 e. The first-order chi connectivity index (χ1) is 20.2. The van der Waals surface area contributed by atoms with Gasteiger partial charge in [0.15, 0.2) is 0 Å². The molecule has 222 valence electrons. The summed E-state index contributed by atoms with van der Waals surface area (Å²) >= 11 is 0. The molecule has 0 aromatic heterocycles. The summed E-state index contributed by atoms with van der Waals surface area (Å²) in [4.78, 5) is 13.0. The second kappa shape index (κ2) is 11.8. The molecule has 2 saturated carbocycles. The van der Waals surface area contributed by atoms with E-state index in [1.165, 1.54) is 59.2 Å². The van der Waals surface area contributed by atoms with E-state index in [-0.39, 0.29) is 17.6 Å². The van der Waals surface area contributed by atoms with Crippen LogP contribution >= 0.6 is 0 Å². The molecule has 4 heteroatoms. The zero-order valence-corrected chi connectivity index (χ0v) is 25.9. The molecule has 3 aliphatic rings. The van der Waals surface area contributed by atoms with Gasteiger partial charge in [-0.15, -0.1) is 0 Å². The fourth-order valence-electron chi connectivity index (χ4n) is 7.78. The number of hydrogen-bond acceptors (Lipinski definition) is 3. The molecular formula is C38H48N2O2. The van der Waals surface area contributed by atoms with Crippen LogP contribution < -0.4 is 10.6 Å². The molecule has 0 atom stereocenters. The lowest BCUT2D eigenvalue weighted by Crippen LogP contribution is -2.51. The number of fused-ring (bicyclic) bond motifs is 3. The number of benzene rings is 3. The molecule has 2 fully saturated rings. The third-order valence-electron chi connectivity index (χ3n) is 10.6. The molecule has 0 saturated heterocycles. The third kappa shape index (κ3) is 6.23. The lowest BCUT2D eigenvalue weighted by Gasteiger charge is -2.40. The predicted octanol–water partition coefficient (Wildman–Crippen LogP) is 9.66. The van der Waals surface area contributed by atoms with Gasteiger partial charge in [-0.25, -0.2) is 4.79 Å². The van der Waals surface area contributed by atoms with Crippen molar-refractivity contribution in [1.82, 2.24) is 5.32 Å². The Bertz CT molecular complexity index is 1330. The van der Waals surface area contributed by atoms with E-state index in [1.807, 2.05) is 0 Å². The standard InChI is InChI=1S/C38H48N2O2/c1-37(2)23-21-27(22-24-37)26-13-17-29(18-14-26)39-30-19-15-28(16-20-30)38(3,4)40-36(41)42-25-35-33-11-7-5-9-31(33)32-10-6-8-12-34(32)35/h5-14,17-18,27-28,30,35,39H,15-16,19-25H2,1-4H3,(H,40,41). The van der Waals surface area contributed by atoms with Crippen molar-refractivity contribution in [2.24, 2.45) is 11.3 Å². The summed E-state index contributed by atoms with van der Waals surface area (Å²) in [6, 6.07) is 26.7. The van der Waals surface area contributed by atoms with Crippen LogP contribution in [0.1, 0.15) is 108 Å². The van der Waals surface area contributed by atoms with Gasteiger partial charge >= 0.3 is 6.09 Å². The Hall–Kier alpha value is -3.27. The van der Waals surface area contributed by atoms with Crippen molar-refractivity contribution in [2.45, 2.75) is 102 Å². The fourth-order valence-corrected chi connectivity index (χ4v) is 7.78. The number of carbonyl (C=O) groups excluding carboxylic acids is 1. The summed E-state index contributed by atoms with van der Waals surface area (Å²) in [6.07, 6.45) is 9.35. The highest BCUT2D eigenvalue weighted by molar-refractivity contribution is 5.79. The van der Waals surface area contributed by atoms with Gasteiger partial charge in [-0.05, 0) is 122 Å². The van der Waals surface area contributed by atoms with E-state index in [4.69, 9.17) is 4.74 Å². The van der Waals surface area contributed by atoms with Crippen LogP contribution in [0, 0.1) is 11.3 Å². The van der Waals surface area contributed by atoms with Gasteiger partial charge < -0.3 is 15.4 Å². The lowest BCUT2D eigenvalue weighted by molar-refractivity contribution is 0.116. The average molecular weight is 565 g/mol. The Morgan fingerprint density at radius 2 is 1.38 bits per heavy atom. The van der Waals surface area contributed by atoms with E-state index in [1.54, 1.807) is 0 Å². The number of alkyl carbamates (subject to hydrolysis) is 1. The minimum absolute atomic E-state index is 0.0802. The number of carbonyl (C=O) groups is 1. The van der Waals surface area contributed by atoms with Crippen LogP contribution in [0.25, 0.3) is 11.1 Å². The van der Waals surface area contributed by atoms with Gasteiger partial charge in [-0.3, -0.25) is 0 Å². The Morgan fingerprint density at radius 3 is 1.98 bits per heavy atom. The van der Waals surface area contributed by atoms with Gasteiger partial charge in [0.05, 0.1) is 0 Å². The van der Waals surface area contributed by atoms with E-state index >= 15 is 0 Å². The number of amides is 1. The molecule has 0 heterocycles. The maximum Gasteiger partial charge on any atom is 0.407 e. The van der Waals surface area contributed by atoms with E-state index in [0.29, 0.717) is 29.9 Å². The summed E-state index contributed by atoms with van der Waals surface area (Å²) in [5.74, 6) is 1.22. The van der Waals surface area contributed by atoms with Crippen molar-refractivity contribution in [2.75, 3.05) is 11.9 Å². The zero-order valence-electron chi connectivity index (χ0n) is 25.9. The Morgan fingerprint density at radius 1 is 0.810 bits per heavy atom. The van der Waals surface area contributed by atoms with Crippen LogP contribution in [0.15, 0.2) is 72.8 Å². The van der Waals surface area contributed by atoms with Crippen molar-refractivity contribution in [3.63, 3.8) is 0 Å². The molecule has 3 aliphatic carbocycles. The molecule has 3 aromatic carbocycles. The molecule has 0 spiro atoms. The van der Waals surface area contributed by atoms with Crippen LogP contribution in [0.2, 0.25) is 0 Å².